The number of pyridine rings is 1. The molecule has 0 radical (unpaired) electrons. The van der Waals surface area contributed by atoms with Crippen molar-refractivity contribution in [3.05, 3.63) is 120 Å². The van der Waals surface area contributed by atoms with Crippen LogP contribution in [0.4, 0.5) is 11.5 Å². The van der Waals surface area contributed by atoms with Gasteiger partial charge in [-0.1, -0.05) is 72.8 Å². The van der Waals surface area contributed by atoms with E-state index in [-0.39, 0.29) is 12.3 Å². The Labute approximate surface area is 236 Å². The maximum Gasteiger partial charge on any atom is 0.326 e. The van der Waals surface area contributed by atoms with Crippen molar-refractivity contribution in [2.24, 2.45) is 0 Å². The number of aromatic nitrogens is 2. The van der Waals surface area contributed by atoms with E-state index in [1.54, 1.807) is 30.5 Å². The van der Waals surface area contributed by atoms with Gasteiger partial charge in [0, 0.05) is 42.9 Å². The third kappa shape index (κ3) is 6.59. The van der Waals surface area contributed by atoms with Crippen LogP contribution in [0.1, 0.15) is 28.4 Å². The monoisotopic (exact) mass is 547 g/mol. The number of hydrogen-bond donors (Lipinski definition) is 4. The van der Waals surface area contributed by atoms with Gasteiger partial charge in [0.05, 0.1) is 0 Å². The number of imidazole rings is 1. The van der Waals surface area contributed by atoms with Crippen LogP contribution in [0.15, 0.2) is 103 Å². The predicted molar refractivity (Wildman–Crippen MR) is 158 cm³/mol. The number of hydrogen-bond acceptors (Lipinski definition) is 5. The zero-order chi connectivity index (χ0) is 28.8. The molecule has 0 fully saturated rings. The number of anilines is 2. The molecule has 0 saturated carbocycles. The first-order chi connectivity index (χ1) is 19.9. The largest absolute Gasteiger partial charge is 0.480 e. The molecule has 1 unspecified atom stereocenters. The lowest BCUT2D eigenvalue weighted by Gasteiger charge is -2.15. The first kappa shape index (κ1) is 27.1. The average molecular weight is 548 g/mol. The predicted octanol–water partition coefficient (Wildman–Crippen LogP) is 5.00. The molecule has 5 aromatic rings. The molecular formula is C32H29N5O4. The summed E-state index contributed by atoms with van der Waals surface area (Å²) in [5.41, 5.74) is 4.87. The second-order valence-corrected chi connectivity index (χ2v) is 9.60. The fraction of sp³-hybridized carbons (Fsp3) is 0.125. The lowest BCUT2D eigenvalue weighted by molar-refractivity contribution is -0.139. The Bertz CT molecular complexity index is 1680. The SMILES string of the molecule is CC(=O)Nc1ccc(-c2nc3cc(C(=O)NC(Cc4ccccc4)C(=O)O)ccn3c2NCc2ccccc2)cc1. The number of amides is 2. The Kier molecular flexibility index (Phi) is 8.05. The molecule has 0 bridgehead atoms. The van der Waals surface area contributed by atoms with Crippen LogP contribution in [0.25, 0.3) is 16.9 Å². The van der Waals surface area contributed by atoms with Crippen LogP contribution in [0, 0.1) is 0 Å². The maximum atomic E-state index is 13.1. The Morgan fingerprint density at radius 3 is 2.17 bits per heavy atom. The minimum atomic E-state index is -1.11. The summed E-state index contributed by atoms with van der Waals surface area (Å²) in [5, 5.41) is 18.6. The standard InChI is InChI=1S/C32H29N5O4/c1-21(38)34-26-14-12-24(13-15-26)29-30(33-20-23-10-6-3-7-11-23)37-17-16-25(19-28(37)36-29)31(39)35-27(32(40)41)18-22-8-4-2-5-9-22/h2-17,19,27,33H,18,20H2,1H3,(H,34,38)(H,35,39)(H,40,41). The van der Waals surface area contributed by atoms with Crippen molar-refractivity contribution >= 4 is 34.9 Å². The normalized spacial score (nSPS) is 11.5. The van der Waals surface area contributed by atoms with Crippen molar-refractivity contribution in [3.63, 3.8) is 0 Å². The summed E-state index contributed by atoms with van der Waals surface area (Å²) in [6.45, 7) is 2.00. The highest BCUT2D eigenvalue weighted by molar-refractivity contribution is 5.97. The second-order valence-electron chi connectivity index (χ2n) is 9.60. The molecule has 1 atom stereocenters. The molecular weight excluding hydrogens is 518 g/mol. The van der Waals surface area contributed by atoms with Crippen LogP contribution in [0.3, 0.4) is 0 Å². The van der Waals surface area contributed by atoms with E-state index in [0.717, 1.165) is 22.5 Å². The van der Waals surface area contributed by atoms with Crippen molar-refractivity contribution in [2.75, 3.05) is 10.6 Å². The number of benzene rings is 3. The summed E-state index contributed by atoms with van der Waals surface area (Å²) in [4.78, 5) is 41.3. The molecule has 0 aliphatic heterocycles. The van der Waals surface area contributed by atoms with Gasteiger partial charge in [0.2, 0.25) is 5.91 Å². The molecule has 2 aromatic heterocycles. The molecule has 3 aromatic carbocycles. The Hall–Kier alpha value is -5.44. The molecule has 0 spiro atoms. The number of nitrogens with zero attached hydrogens (tertiary/aromatic N) is 2. The van der Waals surface area contributed by atoms with Gasteiger partial charge in [0.15, 0.2) is 0 Å². The van der Waals surface area contributed by atoms with E-state index in [9.17, 15) is 19.5 Å². The topological polar surface area (TPSA) is 125 Å². The molecule has 0 saturated heterocycles. The minimum absolute atomic E-state index is 0.157. The Morgan fingerprint density at radius 1 is 0.878 bits per heavy atom. The first-order valence-corrected chi connectivity index (χ1v) is 13.1. The van der Waals surface area contributed by atoms with E-state index >= 15 is 0 Å². The molecule has 0 aliphatic carbocycles. The lowest BCUT2D eigenvalue weighted by Crippen LogP contribution is -2.42. The summed E-state index contributed by atoms with van der Waals surface area (Å²) < 4.78 is 1.86. The second kappa shape index (κ2) is 12.2. The van der Waals surface area contributed by atoms with Crippen molar-refractivity contribution < 1.29 is 19.5 Å². The molecule has 206 valence electrons. The van der Waals surface area contributed by atoms with Gasteiger partial charge < -0.3 is 21.1 Å². The summed E-state index contributed by atoms with van der Waals surface area (Å²) in [7, 11) is 0. The molecule has 2 heterocycles. The molecule has 41 heavy (non-hydrogen) atoms. The number of carboxylic acid groups (broad SMARTS) is 1. The van der Waals surface area contributed by atoms with Gasteiger partial charge in [-0.3, -0.25) is 14.0 Å². The number of carbonyl (C=O) groups excluding carboxylic acids is 2. The summed E-state index contributed by atoms with van der Waals surface area (Å²) in [5.74, 6) is -1.04. The highest BCUT2D eigenvalue weighted by atomic mass is 16.4. The van der Waals surface area contributed by atoms with Crippen LogP contribution < -0.4 is 16.0 Å². The minimum Gasteiger partial charge on any atom is -0.480 e. The molecule has 9 nitrogen and oxygen atoms in total. The van der Waals surface area contributed by atoms with E-state index in [1.807, 2.05) is 77.2 Å². The van der Waals surface area contributed by atoms with E-state index in [2.05, 4.69) is 16.0 Å². The van der Waals surface area contributed by atoms with E-state index in [4.69, 9.17) is 4.98 Å². The van der Waals surface area contributed by atoms with Gasteiger partial charge >= 0.3 is 5.97 Å². The van der Waals surface area contributed by atoms with Crippen molar-refractivity contribution in [3.8, 4) is 11.3 Å². The van der Waals surface area contributed by atoms with Crippen LogP contribution in [0.2, 0.25) is 0 Å². The van der Waals surface area contributed by atoms with Gasteiger partial charge in [0.1, 0.15) is 23.2 Å². The van der Waals surface area contributed by atoms with Crippen molar-refractivity contribution in [1.82, 2.24) is 14.7 Å². The Morgan fingerprint density at radius 2 is 1.54 bits per heavy atom. The molecule has 4 N–H and O–H groups in total. The number of carboxylic acids is 1. The lowest BCUT2D eigenvalue weighted by atomic mass is 10.1. The number of rotatable bonds is 10. The van der Waals surface area contributed by atoms with Crippen LogP contribution in [-0.4, -0.2) is 38.3 Å². The van der Waals surface area contributed by atoms with Gasteiger partial charge in [-0.25, -0.2) is 9.78 Å². The summed E-state index contributed by atoms with van der Waals surface area (Å²) in [6, 6.07) is 28.7. The molecule has 2 amide bonds. The van der Waals surface area contributed by atoms with Crippen molar-refractivity contribution in [2.45, 2.75) is 25.9 Å². The van der Waals surface area contributed by atoms with Gasteiger partial charge in [0.25, 0.3) is 5.91 Å². The zero-order valence-corrected chi connectivity index (χ0v) is 22.4. The van der Waals surface area contributed by atoms with Crippen LogP contribution in [0.5, 0.6) is 0 Å². The van der Waals surface area contributed by atoms with E-state index in [1.165, 1.54) is 6.92 Å². The first-order valence-electron chi connectivity index (χ1n) is 13.1. The molecule has 0 aliphatic rings. The number of nitrogens with one attached hydrogen (secondary N) is 3. The average Bonchev–Trinajstić information content (AvgIpc) is 3.34. The number of fused-ring (bicyclic) bond motifs is 1. The smallest absolute Gasteiger partial charge is 0.326 e. The third-order valence-electron chi connectivity index (χ3n) is 6.56. The number of aliphatic carboxylic acids is 1. The quantitative estimate of drug-likeness (QED) is 0.195. The van der Waals surface area contributed by atoms with Crippen LogP contribution >= 0.6 is 0 Å². The molecule has 5 rings (SSSR count). The van der Waals surface area contributed by atoms with E-state index < -0.39 is 17.9 Å². The fourth-order valence-corrected chi connectivity index (χ4v) is 4.54. The van der Waals surface area contributed by atoms with E-state index in [0.29, 0.717) is 29.1 Å². The summed E-state index contributed by atoms with van der Waals surface area (Å²) >= 11 is 0. The van der Waals surface area contributed by atoms with Gasteiger partial charge in [-0.2, -0.15) is 0 Å². The van der Waals surface area contributed by atoms with Gasteiger partial charge in [-0.05, 0) is 35.4 Å². The van der Waals surface area contributed by atoms with Crippen LogP contribution in [-0.2, 0) is 22.6 Å². The highest BCUT2D eigenvalue weighted by Gasteiger charge is 2.22. The Balaban J connectivity index is 1.45. The maximum absolute atomic E-state index is 13.1. The zero-order valence-electron chi connectivity index (χ0n) is 22.4. The fourth-order valence-electron chi connectivity index (χ4n) is 4.54. The molecule has 9 heteroatoms. The van der Waals surface area contributed by atoms with Crippen molar-refractivity contribution in [1.29, 1.82) is 0 Å². The number of carbonyl (C=O) groups is 3. The summed E-state index contributed by atoms with van der Waals surface area (Å²) in [6.07, 6.45) is 1.91. The highest BCUT2D eigenvalue weighted by Crippen LogP contribution is 2.30. The van der Waals surface area contributed by atoms with Gasteiger partial charge in [-0.15, -0.1) is 0 Å². The third-order valence-corrected chi connectivity index (χ3v) is 6.56.